The van der Waals surface area contributed by atoms with Crippen molar-refractivity contribution in [1.29, 1.82) is 0 Å². The van der Waals surface area contributed by atoms with Crippen LogP contribution < -0.4 is 4.90 Å². The topological polar surface area (TPSA) is 121 Å². The van der Waals surface area contributed by atoms with Crippen molar-refractivity contribution in [2.24, 2.45) is 23.7 Å². The van der Waals surface area contributed by atoms with Crippen molar-refractivity contribution >= 4 is 23.2 Å². The first kappa shape index (κ1) is 14.3. The Morgan fingerprint density at radius 3 is 2.17 bits per heavy atom. The highest BCUT2D eigenvalue weighted by molar-refractivity contribution is 6.22. The minimum Gasteiger partial charge on any atom is -0.390 e. The minimum absolute atomic E-state index is 0.159. The Bertz CT molecular complexity index is 702. The highest BCUT2D eigenvalue weighted by Gasteiger charge is 2.67. The number of nitro benzene ring substituents is 1. The quantitative estimate of drug-likeness (QED) is 0.452. The van der Waals surface area contributed by atoms with Crippen LogP contribution in [0.2, 0.25) is 0 Å². The number of benzene rings is 1. The number of hydrogen-bond acceptors (Lipinski definition) is 6. The molecule has 0 radical (unpaired) electrons. The maximum absolute atomic E-state index is 12.7. The molecular weight excluding hydrogens is 304 g/mol. The number of rotatable bonds is 2. The van der Waals surface area contributed by atoms with Crippen molar-refractivity contribution in [3.63, 3.8) is 0 Å². The summed E-state index contributed by atoms with van der Waals surface area (Å²) in [6, 6.07) is 5.36. The summed E-state index contributed by atoms with van der Waals surface area (Å²) in [5.74, 6) is -3.05. The second-order valence-corrected chi connectivity index (χ2v) is 6.39. The highest BCUT2D eigenvalue weighted by Crippen LogP contribution is 2.56. The predicted molar refractivity (Wildman–Crippen MR) is 76.2 cm³/mol. The Morgan fingerprint density at radius 2 is 1.65 bits per heavy atom. The van der Waals surface area contributed by atoms with Crippen LogP contribution in [0.3, 0.4) is 0 Å². The van der Waals surface area contributed by atoms with Gasteiger partial charge in [0.2, 0.25) is 11.8 Å². The van der Waals surface area contributed by atoms with Crippen LogP contribution in [0, 0.1) is 33.8 Å². The van der Waals surface area contributed by atoms with E-state index in [0.29, 0.717) is 6.42 Å². The molecule has 4 rings (SSSR count). The average Bonchev–Trinajstić information content (AvgIpc) is 3.12. The van der Waals surface area contributed by atoms with Crippen LogP contribution in [-0.2, 0) is 9.59 Å². The zero-order valence-electron chi connectivity index (χ0n) is 11.9. The van der Waals surface area contributed by atoms with Gasteiger partial charge in [-0.05, 0) is 12.5 Å². The molecule has 3 fully saturated rings. The van der Waals surface area contributed by atoms with Crippen LogP contribution in [0.4, 0.5) is 11.4 Å². The number of nitrogens with zero attached hydrogens (tertiary/aromatic N) is 2. The van der Waals surface area contributed by atoms with Gasteiger partial charge in [-0.3, -0.25) is 19.7 Å². The van der Waals surface area contributed by atoms with Crippen molar-refractivity contribution in [1.82, 2.24) is 0 Å². The fourth-order valence-corrected chi connectivity index (χ4v) is 4.43. The molecule has 2 N–H and O–H groups in total. The summed E-state index contributed by atoms with van der Waals surface area (Å²) in [5.41, 5.74) is -0.0461. The van der Waals surface area contributed by atoms with Gasteiger partial charge in [-0.2, -0.15) is 0 Å². The molecule has 120 valence electrons. The molecule has 0 unspecified atom stereocenters. The summed E-state index contributed by atoms with van der Waals surface area (Å²) in [4.78, 5) is 36.6. The van der Waals surface area contributed by atoms with E-state index in [-0.39, 0.29) is 11.4 Å². The van der Waals surface area contributed by atoms with Crippen LogP contribution in [0.25, 0.3) is 0 Å². The first-order chi connectivity index (χ1) is 10.9. The van der Waals surface area contributed by atoms with Crippen molar-refractivity contribution in [2.45, 2.75) is 18.6 Å². The Morgan fingerprint density at radius 1 is 1.09 bits per heavy atom. The van der Waals surface area contributed by atoms with E-state index < -0.39 is 52.6 Å². The number of fused-ring (bicyclic) bond motifs is 5. The molecule has 1 saturated heterocycles. The zero-order valence-corrected chi connectivity index (χ0v) is 11.9. The van der Waals surface area contributed by atoms with E-state index in [2.05, 4.69) is 0 Å². The third-order valence-corrected chi connectivity index (χ3v) is 5.39. The van der Waals surface area contributed by atoms with Crippen molar-refractivity contribution in [3.8, 4) is 0 Å². The summed E-state index contributed by atoms with van der Waals surface area (Å²) in [5, 5.41) is 30.9. The number of aliphatic hydroxyl groups is 2. The Balaban J connectivity index is 1.73. The molecule has 8 heteroatoms. The molecule has 2 amide bonds. The van der Waals surface area contributed by atoms with Crippen molar-refractivity contribution in [2.75, 3.05) is 4.90 Å². The Labute approximate surface area is 130 Å². The lowest BCUT2D eigenvalue weighted by atomic mass is 9.78. The second-order valence-electron chi connectivity index (χ2n) is 6.39. The van der Waals surface area contributed by atoms with Gasteiger partial charge in [0.15, 0.2) is 0 Å². The molecule has 8 nitrogen and oxygen atoms in total. The number of hydrogen-bond donors (Lipinski definition) is 2. The Hall–Kier alpha value is -2.32. The van der Waals surface area contributed by atoms with E-state index in [1.54, 1.807) is 0 Å². The molecular formula is C15H14N2O6. The van der Waals surface area contributed by atoms with Crippen LogP contribution >= 0.6 is 0 Å². The maximum atomic E-state index is 12.7. The molecule has 23 heavy (non-hydrogen) atoms. The van der Waals surface area contributed by atoms with E-state index >= 15 is 0 Å². The zero-order chi connectivity index (χ0) is 16.5. The summed E-state index contributed by atoms with van der Waals surface area (Å²) >= 11 is 0. The summed E-state index contributed by atoms with van der Waals surface area (Å²) < 4.78 is 0. The largest absolute Gasteiger partial charge is 0.390 e. The average molecular weight is 318 g/mol. The number of nitro groups is 1. The van der Waals surface area contributed by atoms with Gasteiger partial charge in [0.1, 0.15) is 0 Å². The van der Waals surface area contributed by atoms with E-state index in [4.69, 9.17) is 0 Å². The SMILES string of the molecule is O=C1[C@@H]2[C@H]3C[C@@H]([C@@H](O)[C@H]3O)[C@H]2C(=O)N1c1cccc([N+](=O)[O-])c1. The number of carbonyl (C=O) groups is 2. The standard InChI is InChI=1S/C15H14N2O6/c18-12-8-5-9(13(12)19)11-10(8)14(20)16(15(11)21)6-2-1-3-7(4-6)17(22)23/h1-4,8-13,18-19H,5H2/t8-,9-,10-,11-,12-,13+/m1/s1. The maximum Gasteiger partial charge on any atom is 0.271 e. The van der Waals surface area contributed by atoms with Gasteiger partial charge in [0.25, 0.3) is 5.69 Å². The summed E-state index contributed by atoms with van der Waals surface area (Å²) in [6.07, 6.45) is -1.54. The number of non-ortho nitro benzene ring substituents is 1. The Kier molecular flexibility index (Phi) is 2.85. The van der Waals surface area contributed by atoms with Gasteiger partial charge >= 0.3 is 0 Å². The molecule has 2 saturated carbocycles. The van der Waals surface area contributed by atoms with E-state index in [0.717, 1.165) is 4.90 Å². The van der Waals surface area contributed by atoms with E-state index in [1.165, 1.54) is 24.3 Å². The number of amides is 2. The van der Waals surface area contributed by atoms with Gasteiger partial charge < -0.3 is 10.2 Å². The number of anilines is 1. The van der Waals surface area contributed by atoms with Gasteiger partial charge in [-0.1, -0.05) is 6.07 Å². The van der Waals surface area contributed by atoms with Crippen LogP contribution in [0.1, 0.15) is 6.42 Å². The lowest BCUT2D eigenvalue weighted by molar-refractivity contribution is -0.384. The van der Waals surface area contributed by atoms with Crippen LogP contribution in [-0.4, -0.2) is 39.2 Å². The molecule has 1 aliphatic heterocycles. The smallest absolute Gasteiger partial charge is 0.271 e. The first-order valence-electron chi connectivity index (χ1n) is 7.40. The molecule has 1 aromatic rings. The molecule has 0 aromatic heterocycles. The fraction of sp³-hybridized carbons (Fsp3) is 0.467. The third kappa shape index (κ3) is 1.73. The first-order valence-corrected chi connectivity index (χ1v) is 7.40. The van der Waals surface area contributed by atoms with Gasteiger partial charge in [0, 0.05) is 24.0 Å². The van der Waals surface area contributed by atoms with Crippen molar-refractivity contribution in [3.05, 3.63) is 34.4 Å². The molecule has 0 spiro atoms. The lowest BCUT2D eigenvalue weighted by Crippen LogP contribution is -2.43. The number of imide groups is 1. The molecule has 6 atom stereocenters. The van der Waals surface area contributed by atoms with Crippen LogP contribution in [0.15, 0.2) is 24.3 Å². The molecule has 3 aliphatic rings. The van der Waals surface area contributed by atoms with Gasteiger partial charge in [-0.25, -0.2) is 4.90 Å². The van der Waals surface area contributed by atoms with Crippen LogP contribution in [0.5, 0.6) is 0 Å². The molecule has 1 aromatic carbocycles. The number of carbonyl (C=O) groups excluding carboxylic acids is 2. The predicted octanol–water partition coefficient (Wildman–Crippen LogP) is 0.0719. The monoisotopic (exact) mass is 318 g/mol. The molecule has 2 bridgehead atoms. The minimum atomic E-state index is -0.997. The third-order valence-electron chi connectivity index (χ3n) is 5.39. The summed E-state index contributed by atoms with van der Waals surface area (Å²) in [6.45, 7) is 0. The molecule has 2 aliphatic carbocycles. The van der Waals surface area contributed by atoms with E-state index in [1.807, 2.05) is 0 Å². The summed E-state index contributed by atoms with van der Waals surface area (Å²) in [7, 11) is 0. The van der Waals surface area contributed by atoms with Gasteiger partial charge in [-0.15, -0.1) is 0 Å². The van der Waals surface area contributed by atoms with Gasteiger partial charge in [0.05, 0.1) is 34.7 Å². The normalized spacial score (nSPS) is 38.3. The second kappa shape index (κ2) is 4.59. The number of aliphatic hydroxyl groups excluding tert-OH is 2. The van der Waals surface area contributed by atoms with Crippen molar-refractivity contribution < 1.29 is 24.7 Å². The lowest BCUT2D eigenvalue weighted by Gasteiger charge is -2.29. The fourth-order valence-electron chi connectivity index (χ4n) is 4.43. The highest BCUT2D eigenvalue weighted by atomic mass is 16.6. The molecule has 1 heterocycles. The van der Waals surface area contributed by atoms with E-state index in [9.17, 15) is 29.9 Å².